The summed E-state index contributed by atoms with van der Waals surface area (Å²) in [6.07, 6.45) is 4.14. The van der Waals surface area contributed by atoms with Crippen molar-refractivity contribution in [3.05, 3.63) is 65.5 Å². The Labute approximate surface area is 154 Å². The van der Waals surface area contributed by atoms with Crippen LogP contribution in [-0.2, 0) is 13.6 Å². The van der Waals surface area contributed by atoms with Crippen LogP contribution in [0.5, 0.6) is 0 Å². The molecular weight excluding hydrogens is 322 g/mol. The Morgan fingerprint density at radius 3 is 2.81 bits per heavy atom. The molecule has 2 aromatic carbocycles. The van der Waals surface area contributed by atoms with Crippen molar-refractivity contribution in [2.24, 2.45) is 13.0 Å². The third kappa shape index (κ3) is 3.29. The van der Waals surface area contributed by atoms with E-state index in [0.29, 0.717) is 0 Å². The zero-order valence-corrected chi connectivity index (χ0v) is 15.5. The summed E-state index contributed by atoms with van der Waals surface area (Å²) in [4.78, 5) is 15.6. The van der Waals surface area contributed by atoms with Gasteiger partial charge < -0.3 is 0 Å². The first-order valence-corrected chi connectivity index (χ1v) is 9.35. The Bertz CT molecular complexity index is 938. The number of rotatable bonds is 4. The van der Waals surface area contributed by atoms with Gasteiger partial charge in [-0.05, 0) is 37.1 Å². The fourth-order valence-corrected chi connectivity index (χ4v) is 4.12. The monoisotopic (exact) mass is 347 g/mol. The van der Waals surface area contributed by atoms with Crippen LogP contribution in [-0.4, -0.2) is 33.6 Å². The summed E-state index contributed by atoms with van der Waals surface area (Å²) in [5, 5.41) is 6.64. The van der Waals surface area contributed by atoms with Crippen LogP contribution in [0.2, 0.25) is 0 Å². The van der Waals surface area contributed by atoms with Gasteiger partial charge in [0.1, 0.15) is 0 Å². The molecule has 0 N–H and O–H groups in total. The number of Topliss-reactive ketones (excluding diaryl/α,β-unsaturated/α-hetero) is 1. The molecule has 0 unspecified atom stereocenters. The summed E-state index contributed by atoms with van der Waals surface area (Å²) >= 11 is 0. The molecule has 3 aromatic rings. The van der Waals surface area contributed by atoms with E-state index in [-0.39, 0.29) is 11.7 Å². The molecular formula is C22H25N3O. The average molecular weight is 347 g/mol. The van der Waals surface area contributed by atoms with Crippen LogP contribution in [0.25, 0.3) is 10.8 Å². The maximum Gasteiger partial charge on any atom is 0.167 e. The van der Waals surface area contributed by atoms with Gasteiger partial charge in [0.05, 0.1) is 5.69 Å². The molecule has 1 saturated heterocycles. The van der Waals surface area contributed by atoms with Gasteiger partial charge in [-0.25, -0.2) is 0 Å². The summed E-state index contributed by atoms with van der Waals surface area (Å²) in [5.74, 6) is 0.362. The number of hydrogen-bond donors (Lipinski definition) is 0. The lowest BCUT2D eigenvalue weighted by Gasteiger charge is -2.32. The summed E-state index contributed by atoms with van der Waals surface area (Å²) in [7, 11) is 1.96. The first-order chi connectivity index (χ1) is 12.6. The zero-order valence-electron chi connectivity index (χ0n) is 15.5. The SMILES string of the molecule is Cc1nn(C)cc1CN1CCC[C@H](C(=O)c2cccc3ccccc23)C1. The van der Waals surface area contributed by atoms with Gasteiger partial charge in [-0.2, -0.15) is 5.10 Å². The number of ketones is 1. The molecule has 4 rings (SSSR count). The van der Waals surface area contributed by atoms with E-state index in [0.717, 1.165) is 54.5 Å². The quantitative estimate of drug-likeness (QED) is 0.670. The van der Waals surface area contributed by atoms with Crippen LogP contribution < -0.4 is 0 Å². The minimum absolute atomic E-state index is 0.0755. The van der Waals surface area contributed by atoms with Crippen molar-refractivity contribution in [1.29, 1.82) is 0 Å². The summed E-state index contributed by atoms with van der Waals surface area (Å²) in [5.41, 5.74) is 3.20. The molecule has 1 fully saturated rings. The van der Waals surface area contributed by atoms with Crippen molar-refractivity contribution >= 4 is 16.6 Å². The van der Waals surface area contributed by atoms with E-state index in [1.807, 2.05) is 36.0 Å². The Kier molecular flexibility index (Phi) is 4.60. The van der Waals surface area contributed by atoms with E-state index < -0.39 is 0 Å². The zero-order chi connectivity index (χ0) is 18.1. The second kappa shape index (κ2) is 7.04. The van der Waals surface area contributed by atoms with Crippen molar-refractivity contribution in [2.75, 3.05) is 13.1 Å². The highest BCUT2D eigenvalue weighted by Gasteiger charge is 2.27. The van der Waals surface area contributed by atoms with E-state index in [2.05, 4.69) is 41.3 Å². The minimum Gasteiger partial charge on any atom is -0.298 e. The fraction of sp³-hybridized carbons (Fsp3) is 0.364. The van der Waals surface area contributed by atoms with Crippen molar-refractivity contribution in [3.63, 3.8) is 0 Å². The first kappa shape index (κ1) is 17.0. The van der Waals surface area contributed by atoms with Crippen LogP contribution in [0, 0.1) is 12.8 Å². The number of benzene rings is 2. The standard InChI is InChI=1S/C22H25N3O/c1-16-19(13-24(2)23-16)15-25-12-6-9-18(14-25)22(26)21-11-5-8-17-7-3-4-10-20(17)21/h3-5,7-8,10-11,13,18H,6,9,12,14-15H2,1-2H3/t18-/m0/s1. The molecule has 0 spiro atoms. The molecule has 26 heavy (non-hydrogen) atoms. The largest absolute Gasteiger partial charge is 0.298 e. The number of aromatic nitrogens is 2. The van der Waals surface area contributed by atoms with Gasteiger partial charge in [0.15, 0.2) is 5.78 Å². The lowest BCUT2D eigenvalue weighted by Crippen LogP contribution is -2.38. The lowest BCUT2D eigenvalue weighted by atomic mass is 9.88. The van der Waals surface area contributed by atoms with Gasteiger partial charge in [-0.1, -0.05) is 42.5 Å². The third-order valence-electron chi connectivity index (χ3n) is 5.44. The number of fused-ring (bicyclic) bond motifs is 1. The topological polar surface area (TPSA) is 38.1 Å². The molecule has 2 heterocycles. The molecule has 4 heteroatoms. The predicted octanol–water partition coefficient (Wildman–Crippen LogP) is 3.98. The summed E-state index contributed by atoms with van der Waals surface area (Å²) < 4.78 is 1.87. The van der Waals surface area contributed by atoms with Gasteiger partial charge in [-0.3, -0.25) is 14.4 Å². The van der Waals surface area contributed by atoms with Crippen LogP contribution in [0.15, 0.2) is 48.7 Å². The second-order valence-electron chi connectivity index (χ2n) is 7.38. The predicted molar refractivity (Wildman–Crippen MR) is 104 cm³/mol. The van der Waals surface area contributed by atoms with Crippen molar-refractivity contribution in [3.8, 4) is 0 Å². The summed E-state index contributed by atoms with van der Waals surface area (Å²) in [6, 6.07) is 14.2. The smallest absolute Gasteiger partial charge is 0.167 e. The Balaban J connectivity index is 1.53. The molecule has 0 aliphatic carbocycles. The molecule has 134 valence electrons. The molecule has 1 aliphatic rings. The van der Waals surface area contributed by atoms with Crippen LogP contribution >= 0.6 is 0 Å². The fourth-order valence-electron chi connectivity index (χ4n) is 4.12. The molecule has 0 radical (unpaired) electrons. The maximum absolute atomic E-state index is 13.2. The molecule has 1 aliphatic heterocycles. The summed E-state index contributed by atoms with van der Waals surface area (Å²) in [6.45, 7) is 4.81. The third-order valence-corrected chi connectivity index (χ3v) is 5.44. The second-order valence-corrected chi connectivity index (χ2v) is 7.38. The number of carbonyl (C=O) groups excluding carboxylic acids is 1. The van der Waals surface area contributed by atoms with Crippen molar-refractivity contribution < 1.29 is 4.79 Å². The van der Waals surface area contributed by atoms with Crippen LogP contribution in [0.4, 0.5) is 0 Å². The van der Waals surface area contributed by atoms with Crippen LogP contribution in [0.3, 0.4) is 0 Å². The number of carbonyl (C=O) groups is 1. The highest BCUT2D eigenvalue weighted by Crippen LogP contribution is 2.26. The van der Waals surface area contributed by atoms with Gasteiger partial charge >= 0.3 is 0 Å². The Hall–Kier alpha value is -2.46. The number of piperidine rings is 1. The highest BCUT2D eigenvalue weighted by atomic mass is 16.1. The average Bonchev–Trinajstić information content (AvgIpc) is 2.98. The van der Waals surface area contributed by atoms with Gasteiger partial charge in [0, 0.05) is 43.4 Å². The highest BCUT2D eigenvalue weighted by molar-refractivity contribution is 6.09. The van der Waals surface area contributed by atoms with Gasteiger partial charge in [0.25, 0.3) is 0 Å². The Morgan fingerprint density at radius 1 is 1.19 bits per heavy atom. The molecule has 1 atom stereocenters. The van der Waals surface area contributed by atoms with E-state index in [9.17, 15) is 4.79 Å². The van der Waals surface area contributed by atoms with E-state index >= 15 is 0 Å². The van der Waals surface area contributed by atoms with Crippen molar-refractivity contribution in [1.82, 2.24) is 14.7 Å². The maximum atomic E-state index is 13.2. The number of hydrogen-bond acceptors (Lipinski definition) is 3. The van der Waals surface area contributed by atoms with Crippen molar-refractivity contribution in [2.45, 2.75) is 26.3 Å². The number of nitrogens with zero attached hydrogens (tertiary/aromatic N) is 3. The van der Waals surface area contributed by atoms with Gasteiger partial charge in [-0.15, -0.1) is 0 Å². The van der Waals surface area contributed by atoms with Gasteiger partial charge in [0.2, 0.25) is 0 Å². The van der Waals surface area contributed by atoms with Crippen LogP contribution in [0.1, 0.15) is 34.5 Å². The minimum atomic E-state index is 0.0755. The molecule has 0 bridgehead atoms. The normalized spacial score (nSPS) is 18.3. The number of aryl methyl sites for hydroxylation is 2. The molecule has 1 aromatic heterocycles. The lowest BCUT2D eigenvalue weighted by molar-refractivity contribution is 0.0813. The molecule has 0 amide bonds. The number of likely N-dealkylation sites (tertiary alicyclic amines) is 1. The van der Waals surface area contributed by atoms with E-state index in [4.69, 9.17) is 0 Å². The Morgan fingerprint density at radius 2 is 2.00 bits per heavy atom. The van der Waals surface area contributed by atoms with E-state index in [1.165, 1.54) is 5.56 Å². The molecule has 0 saturated carbocycles. The molecule has 4 nitrogen and oxygen atoms in total. The van der Waals surface area contributed by atoms with E-state index in [1.54, 1.807) is 0 Å². The first-order valence-electron chi connectivity index (χ1n) is 9.35.